The van der Waals surface area contributed by atoms with Gasteiger partial charge in [0.1, 0.15) is 6.04 Å². The van der Waals surface area contributed by atoms with Crippen LogP contribution in [0.2, 0.25) is 0 Å². The first-order valence-electron chi connectivity index (χ1n) is 6.96. The molecule has 2 rings (SSSR count). The summed E-state index contributed by atoms with van der Waals surface area (Å²) in [6.07, 6.45) is 0.574. The molecule has 0 unspecified atom stereocenters. The highest BCUT2D eigenvalue weighted by molar-refractivity contribution is 5.83. The van der Waals surface area contributed by atoms with Crippen LogP contribution < -0.4 is 11.1 Å². The van der Waals surface area contributed by atoms with Crippen molar-refractivity contribution < 1.29 is 9.90 Å². The maximum absolute atomic E-state index is 12.2. The predicted octanol–water partition coefficient (Wildman–Crippen LogP) is 1.41. The van der Waals surface area contributed by atoms with Gasteiger partial charge in [-0.2, -0.15) is 0 Å². The number of carbonyl (C=O) groups is 1. The second-order valence-corrected chi connectivity index (χ2v) is 4.97. The van der Waals surface area contributed by atoms with Crippen LogP contribution in [0.4, 0.5) is 0 Å². The molecule has 0 bridgehead atoms. The molecular weight excluding hydrogens is 264 g/mol. The van der Waals surface area contributed by atoms with Crippen LogP contribution in [0, 0.1) is 0 Å². The molecule has 0 saturated heterocycles. The monoisotopic (exact) mass is 284 g/mol. The van der Waals surface area contributed by atoms with E-state index < -0.39 is 6.04 Å². The zero-order chi connectivity index (χ0) is 15.1. The Morgan fingerprint density at radius 2 is 1.62 bits per heavy atom. The van der Waals surface area contributed by atoms with E-state index >= 15 is 0 Å². The molecule has 0 spiro atoms. The zero-order valence-electron chi connectivity index (χ0n) is 11.8. The Bertz CT molecular complexity index is 558. The van der Waals surface area contributed by atoms with Crippen molar-refractivity contribution in [3.8, 4) is 0 Å². The molecule has 0 radical (unpaired) electrons. The fourth-order valence-electron chi connectivity index (χ4n) is 2.16. The molecule has 0 saturated carbocycles. The maximum Gasteiger partial charge on any atom is 0.241 e. The molecule has 21 heavy (non-hydrogen) atoms. The fraction of sp³-hybridized carbons (Fsp3) is 0.235. The molecule has 0 heterocycles. The second-order valence-electron chi connectivity index (χ2n) is 4.97. The van der Waals surface area contributed by atoms with Crippen LogP contribution in [0.3, 0.4) is 0 Å². The number of hydrogen-bond donors (Lipinski definition) is 3. The van der Waals surface area contributed by atoms with E-state index in [1.165, 1.54) is 0 Å². The van der Waals surface area contributed by atoms with E-state index in [0.29, 0.717) is 6.42 Å². The lowest BCUT2D eigenvalue weighted by molar-refractivity contribution is -0.123. The van der Waals surface area contributed by atoms with E-state index in [-0.39, 0.29) is 18.6 Å². The van der Waals surface area contributed by atoms with E-state index in [1.807, 2.05) is 60.7 Å². The SMILES string of the molecule is N[C@@H](C(=O)N[C@@H](CO)Cc1ccccc1)c1ccccc1. The Labute approximate surface area is 124 Å². The van der Waals surface area contributed by atoms with Crippen molar-refractivity contribution in [3.63, 3.8) is 0 Å². The number of aliphatic hydroxyl groups excluding tert-OH is 1. The highest BCUT2D eigenvalue weighted by Crippen LogP contribution is 2.10. The van der Waals surface area contributed by atoms with Gasteiger partial charge < -0.3 is 16.2 Å². The molecule has 4 heteroatoms. The average molecular weight is 284 g/mol. The molecule has 0 aromatic heterocycles. The third-order valence-electron chi connectivity index (χ3n) is 3.33. The molecule has 4 nitrogen and oxygen atoms in total. The van der Waals surface area contributed by atoms with Gasteiger partial charge in [0.2, 0.25) is 5.91 Å². The van der Waals surface area contributed by atoms with Gasteiger partial charge in [0.25, 0.3) is 0 Å². The van der Waals surface area contributed by atoms with Crippen LogP contribution in [0.15, 0.2) is 60.7 Å². The maximum atomic E-state index is 12.2. The minimum absolute atomic E-state index is 0.123. The number of benzene rings is 2. The molecule has 2 aromatic rings. The van der Waals surface area contributed by atoms with Gasteiger partial charge in [-0.15, -0.1) is 0 Å². The summed E-state index contributed by atoms with van der Waals surface area (Å²) in [7, 11) is 0. The third-order valence-corrected chi connectivity index (χ3v) is 3.33. The van der Waals surface area contributed by atoms with E-state index in [9.17, 15) is 9.90 Å². The largest absolute Gasteiger partial charge is 0.394 e. The lowest BCUT2D eigenvalue weighted by atomic mass is 10.0. The number of carbonyl (C=O) groups excluding carboxylic acids is 1. The van der Waals surface area contributed by atoms with E-state index in [1.54, 1.807) is 0 Å². The normalized spacial score (nSPS) is 13.4. The van der Waals surface area contributed by atoms with Crippen LogP contribution >= 0.6 is 0 Å². The minimum Gasteiger partial charge on any atom is -0.394 e. The van der Waals surface area contributed by atoms with Gasteiger partial charge in [-0.25, -0.2) is 0 Å². The first-order chi connectivity index (χ1) is 10.2. The molecule has 0 aliphatic carbocycles. The smallest absolute Gasteiger partial charge is 0.241 e. The van der Waals surface area contributed by atoms with Crippen LogP contribution in [0.25, 0.3) is 0 Å². The van der Waals surface area contributed by atoms with Crippen LogP contribution in [-0.4, -0.2) is 23.7 Å². The van der Waals surface area contributed by atoms with Gasteiger partial charge in [0, 0.05) is 0 Å². The average Bonchev–Trinajstić information content (AvgIpc) is 2.55. The highest BCUT2D eigenvalue weighted by Gasteiger charge is 2.19. The molecule has 1 amide bonds. The molecule has 0 aliphatic heterocycles. The summed E-state index contributed by atoms with van der Waals surface area (Å²) in [4.78, 5) is 12.2. The molecule has 110 valence electrons. The Hall–Kier alpha value is -2.17. The van der Waals surface area contributed by atoms with Crippen molar-refractivity contribution in [1.29, 1.82) is 0 Å². The van der Waals surface area contributed by atoms with Crippen molar-refractivity contribution >= 4 is 5.91 Å². The topological polar surface area (TPSA) is 75.4 Å². The van der Waals surface area contributed by atoms with Crippen LogP contribution in [0.5, 0.6) is 0 Å². The lowest BCUT2D eigenvalue weighted by Gasteiger charge is -2.19. The van der Waals surface area contributed by atoms with Crippen molar-refractivity contribution in [2.75, 3.05) is 6.61 Å². The standard InChI is InChI=1S/C17H20N2O2/c18-16(14-9-5-2-6-10-14)17(21)19-15(12-20)11-13-7-3-1-4-8-13/h1-10,15-16,20H,11-12,18H2,(H,19,21)/t15-,16-/m1/s1. The zero-order valence-corrected chi connectivity index (χ0v) is 11.8. The predicted molar refractivity (Wildman–Crippen MR) is 82.5 cm³/mol. The van der Waals surface area contributed by atoms with Crippen LogP contribution in [-0.2, 0) is 11.2 Å². The van der Waals surface area contributed by atoms with Crippen molar-refractivity contribution in [2.24, 2.45) is 5.73 Å². The Kier molecular flexibility index (Phi) is 5.49. The van der Waals surface area contributed by atoms with Crippen molar-refractivity contribution in [1.82, 2.24) is 5.32 Å². The summed E-state index contributed by atoms with van der Waals surface area (Å²) in [5, 5.41) is 12.2. The first-order valence-corrected chi connectivity index (χ1v) is 6.96. The van der Waals surface area contributed by atoms with E-state index in [0.717, 1.165) is 11.1 Å². The number of hydrogen-bond acceptors (Lipinski definition) is 3. The summed E-state index contributed by atoms with van der Waals surface area (Å²) in [5.41, 5.74) is 7.76. The minimum atomic E-state index is -0.726. The summed E-state index contributed by atoms with van der Waals surface area (Å²) >= 11 is 0. The Morgan fingerprint density at radius 1 is 1.05 bits per heavy atom. The highest BCUT2D eigenvalue weighted by atomic mass is 16.3. The number of nitrogens with two attached hydrogens (primary N) is 1. The molecule has 0 aliphatic rings. The molecule has 2 atom stereocenters. The van der Waals surface area contributed by atoms with Crippen LogP contribution in [0.1, 0.15) is 17.2 Å². The summed E-state index contributed by atoms with van der Waals surface area (Å²) in [6, 6.07) is 17.9. The van der Waals surface area contributed by atoms with Gasteiger partial charge in [0.05, 0.1) is 12.6 Å². The van der Waals surface area contributed by atoms with E-state index in [4.69, 9.17) is 5.73 Å². The van der Waals surface area contributed by atoms with Gasteiger partial charge in [-0.3, -0.25) is 4.79 Å². The Balaban J connectivity index is 1.96. The first kappa shape index (κ1) is 15.2. The van der Waals surface area contributed by atoms with Gasteiger partial charge in [-0.1, -0.05) is 60.7 Å². The van der Waals surface area contributed by atoms with Crippen molar-refractivity contribution in [3.05, 3.63) is 71.8 Å². The fourth-order valence-corrected chi connectivity index (χ4v) is 2.16. The third kappa shape index (κ3) is 4.41. The number of nitrogens with one attached hydrogen (secondary N) is 1. The van der Waals surface area contributed by atoms with Gasteiger partial charge >= 0.3 is 0 Å². The lowest BCUT2D eigenvalue weighted by Crippen LogP contribution is -2.43. The quantitative estimate of drug-likeness (QED) is 0.750. The summed E-state index contributed by atoms with van der Waals surface area (Å²) in [6.45, 7) is -0.123. The number of rotatable bonds is 6. The van der Waals surface area contributed by atoms with Gasteiger partial charge in [0.15, 0.2) is 0 Å². The molecule has 0 fully saturated rings. The summed E-state index contributed by atoms with van der Waals surface area (Å²) < 4.78 is 0. The number of aliphatic hydroxyl groups is 1. The Morgan fingerprint density at radius 3 is 2.19 bits per heavy atom. The molecule has 2 aromatic carbocycles. The number of amides is 1. The second kappa shape index (κ2) is 7.57. The van der Waals surface area contributed by atoms with Crippen molar-refractivity contribution in [2.45, 2.75) is 18.5 Å². The summed E-state index contributed by atoms with van der Waals surface area (Å²) in [5.74, 6) is -0.281. The molecule has 4 N–H and O–H groups in total. The van der Waals surface area contributed by atoms with Gasteiger partial charge in [-0.05, 0) is 17.5 Å². The molecular formula is C17H20N2O2. The van der Waals surface area contributed by atoms with E-state index in [2.05, 4.69) is 5.32 Å².